The Morgan fingerprint density at radius 2 is 2.25 bits per heavy atom. The molecule has 2 heterocycles. The minimum absolute atomic E-state index is 0.139. The van der Waals surface area contributed by atoms with Crippen LogP contribution in [0.2, 0.25) is 5.02 Å². The maximum atomic E-state index is 12.5. The smallest absolute Gasteiger partial charge is 0.229 e. The lowest BCUT2D eigenvalue weighted by atomic mass is 9.92. The maximum Gasteiger partial charge on any atom is 0.229 e. The summed E-state index contributed by atoms with van der Waals surface area (Å²) in [4.78, 5) is 18.0. The number of rotatable bonds is 4. The molecule has 1 amide bonds. The van der Waals surface area contributed by atoms with E-state index in [4.69, 9.17) is 11.6 Å². The first kappa shape index (κ1) is 16.1. The SMILES string of the molecule is O=C(Nc1ncc(Cc2cccc(Cl)c2)s1)C1CC12CCNCC2. The third kappa shape index (κ3) is 3.34. The summed E-state index contributed by atoms with van der Waals surface area (Å²) in [6.07, 6.45) is 5.88. The Hall–Kier alpha value is -1.43. The zero-order valence-corrected chi connectivity index (χ0v) is 14.9. The van der Waals surface area contributed by atoms with E-state index < -0.39 is 0 Å². The molecule has 2 N–H and O–H groups in total. The van der Waals surface area contributed by atoms with Gasteiger partial charge in [0.25, 0.3) is 0 Å². The quantitative estimate of drug-likeness (QED) is 0.872. The van der Waals surface area contributed by atoms with Gasteiger partial charge in [-0.3, -0.25) is 4.79 Å². The van der Waals surface area contributed by atoms with Crippen molar-refractivity contribution in [2.24, 2.45) is 11.3 Å². The second kappa shape index (κ2) is 6.47. The minimum Gasteiger partial charge on any atom is -0.317 e. The fourth-order valence-electron chi connectivity index (χ4n) is 3.68. The first-order chi connectivity index (χ1) is 11.6. The normalized spacial score (nSPS) is 21.6. The van der Waals surface area contributed by atoms with Crippen molar-refractivity contribution in [1.29, 1.82) is 0 Å². The minimum atomic E-state index is 0.139. The van der Waals surface area contributed by atoms with Gasteiger partial charge in [0, 0.05) is 28.4 Å². The van der Waals surface area contributed by atoms with Gasteiger partial charge >= 0.3 is 0 Å². The largest absolute Gasteiger partial charge is 0.317 e. The molecule has 1 aromatic heterocycles. The van der Waals surface area contributed by atoms with Crippen LogP contribution in [-0.4, -0.2) is 24.0 Å². The zero-order valence-electron chi connectivity index (χ0n) is 13.3. The molecule has 1 saturated carbocycles. The van der Waals surface area contributed by atoms with Crippen molar-refractivity contribution < 1.29 is 4.79 Å². The number of nitrogens with zero attached hydrogens (tertiary/aromatic N) is 1. The lowest BCUT2D eigenvalue weighted by Gasteiger charge is -2.22. The van der Waals surface area contributed by atoms with Gasteiger partial charge in [-0.15, -0.1) is 11.3 Å². The van der Waals surface area contributed by atoms with E-state index in [-0.39, 0.29) is 17.2 Å². The van der Waals surface area contributed by atoms with Crippen LogP contribution in [0.15, 0.2) is 30.5 Å². The van der Waals surface area contributed by atoms with E-state index in [1.165, 1.54) is 0 Å². The number of thiazole rings is 1. The van der Waals surface area contributed by atoms with Crippen molar-refractivity contribution in [2.75, 3.05) is 18.4 Å². The van der Waals surface area contributed by atoms with Gasteiger partial charge in [-0.1, -0.05) is 23.7 Å². The van der Waals surface area contributed by atoms with Crippen LogP contribution < -0.4 is 10.6 Å². The Kier molecular flexibility index (Phi) is 4.33. The summed E-state index contributed by atoms with van der Waals surface area (Å²) in [7, 11) is 0. The molecular weight excluding hydrogens is 342 g/mol. The molecule has 2 aromatic rings. The van der Waals surface area contributed by atoms with Crippen molar-refractivity contribution in [1.82, 2.24) is 10.3 Å². The highest BCUT2D eigenvalue weighted by molar-refractivity contribution is 7.15. The van der Waals surface area contributed by atoms with Gasteiger partial charge in [0.1, 0.15) is 0 Å². The maximum absolute atomic E-state index is 12.5. The Morgan fingerprint density at radius 1 is 1.42 bits per heavy atom. The number of carbonyl (C=O) groups is 1. The summed E-state index contributed by atoms with van der Waals surface area (Å²) < 4.78 is 0. The third-order valence-corrected chi connectivity index (χ3v) is 6.30. The highest BCUT2D eigenvalue weighted by atomic mass is 35.5. The number of amides is 1. The van der Waals surface area contributed by atoms with Crippen LogP contribution in [0.4, 0.5) is 5.13 Å². The van der Waals surface area contributed by atoms with E-state index in [9.17, 15) is 4.79 Å². The lowest BCUT2D eigenvalue weighted by molar-refractivity contribution is -0.118. The van der Waals surface area contributed by atoms with Crippen LogP contribution in [0, 0.1) is 11.3 Å². The molecule has 1 spiro atoms. The molecule has 1 saturated heterocycles. The van der Waals surface area contributed by atoms with Gasteiger partial charge in [0.2, 0.25) is 5.91 Å². The summed E-state index contributed by atoms with van der Waals surface area (Å²) in [5.41, 5.74) is 1.41. The second-order valence-corrected chi connectivity index (χ2v) is 8.35. The van der Waals surface area contributed by atoms with Crippen molar-refractivity contribution in [3.63, 3.8) is 0 Å². The number of benzene rings is 1. The first-order valence-electron chi connectivity index (χ1n) is 8.35. The zero-order chi connectivity index (χ0) is 16.6. The first-order valence-corrected chi connectivity index (χ1v) is 9.55. The number of piperidine rings is 1. The average Bonchev–Trinajstić information content (AvgIpc) is 3.07. The summed E-state index contributed by atoms with van der Waals surface area (Å²) in [6, 6.07) is 7.84. The van der Waals surface area contributed by atoms with Gasteiger partial charge in [-0.05, 0) is 55.5 Å². The van der Waals surface area contributed by atoms with Crippen LogP contribution in [0.25, 0.3) is 0 Å². The Labute approximate surface area is 150 Å². The van der Waals surface area contributed by atoms with Crippen LogP contribution >= 0.6 is 22.9 Å². The lowest BCUT2D eigenvalue weighted by Crippen LogP contribution is -2.31. The van der Waals surface area contributed by atoms with Gasteiger partial charge < -0.3 is 10.6 Å². The van der Waals surface area contributed by atoms with Crippen molar-refractivity contribution in [3.8, 4) is 0 Å². The average molecular weight is 362 g/mol. The summed E-state index contributed by atoms with van der Waals surface area (Å²) in [5.74, 6) is 0.306. The molecule has 0 radical (unpaired) electrons. The molecule has 126 valence electrons. The highest BCUT2D eigenvalue weighted by Gasteiger charge is 2.57. The van der Waals surface area contributed by atoms with E-state index in [1.54, 1.807) is 11.3 Å². The van der Waals surface area contributed by atoms with Crippen LogP contribution in [0.3, 0.4) is 0 Å². The molecule has 6 heteroatoms. The van der Waals surface area contributed by atoms with Gasteiger partial charge in [-0.2, -0.15) is 0 Å². The molecule has 4 rings (SSSR count). The molecule has 0 bridgehead atoms. The van der Waals surface area contributed by atoms with E-state index in [1.807, 2.05) is 24.4 Å². The number of nitrogens with one attached hydrogen (secondary N) is 2. The van der Waals surface area contributed by atoms with Gasteiger partial charge in [0.05, 0.1) is 0 Å². The van der Waals surface area contributed by atoms with Crippen LogP contribution in [0.1, 0.15) is 29.7 Å². The summed E-state index contributed by atoms with van der Waals surface area (Å²) in [6.45, 7) is 2.07. The number of carbonyl (C=O) groups excluding carboxylic acids is 1. The molecular formula is C18H20ClN3OS. The van der Waals surface area contributed by atoms with Gasteiger partial charge in [-0.25, -0.2) is 4.98 Å². The Morgan fingerprint density at radius 3 is 3.04 bits per heavy atom. The standard InChI is InChI=1S/C18H20ClN3OS/c19-13-3-1-2-12(8-13)9-14-11-21-17(24-14)22-16(23)15-10-18(15)4-6-20-7-5-18/h1-3,8,11,15,20H,4-7,9-10H2,(H,21,22,23). The molecule has 2 fully saturated rings. The Bertz CT molecular complexity index is 754. The summed E-state index contributed by atoms with van der Waals surface area (Å²) in [5, 5.41) is 7.83. The van der Waals surface area contributed by atoms with Crippen molar-refractivity contribution in [2.45, 2.75) is 25.7 Å². The van der Waals surface area contributed by atoms with E-state index in [0.717, 1.165) is 54.2 Å². The van der Waals surface area contributed by atoms with Crippen molar-refractivity contribution in [3.05, 3.63) is 45.9 Å². The number of aromatic nitrogens is 1. The molecule has 1 unspecified atom stereocenters. The van der Waals surface area contributed by atoms with Gasteiger partial charge in [0.15, 0.2) is 5.13 Å². The molecule has 4 nitrogen and oxygen atoms in total. The second-order valence-electron chi connectivity index (χ2n) is 6.80. The molecule has 1 aromatic carbocycles. The van der Waals surface area contributed by atoms with Crippen molar-refractivity contribution >= 4 is 34.0 Å². The molecule has 1 atom stereocenters. The predicted molar refractivity (Wildman–Crippen MR) is 97.6 cm³/mol. The number of anilines is 1. The fraction of sp³-hybridized carbons (Fsp3) is 0.444. The number of halogens is 1. The monoisotopic (exact) mass is 361 g/mol. The molecule has 24 heavy (non-hydrogen) atoms. The molecule has 2 aliphatic rings. The highest BCUT2D eigenvalue weighted by Crippen LogP contribution is 2.58. The fourth-order valence-corrected chi connectivity index (χ4v) is 4.75. The van der Waals surface area contributed by atoms with E-state index in [0.29, 0.717) is 5.13 Å². The van der Waals surface area contributed by atoms with Crippen LogP contribution in [-0.2, 0) is 11.2 Å². The Balaban J connectivity index is 1.36. The summed E-state index contributed by atoms with van der Waals surface area (Å²) >= 11 is 7.57. The van der Waals surface area contributed by atoms with E-state index >= 15 is 0 Å². The molecule has 1 aliphatic heterocycles. The number of hydrogen-bond acceptors (Lipinski definition) is 4. The predicted octanol–water partition coefficient (Wildman–Crippen LogP) is 3.72. The van der Waals surface area contributed by atoms with E-state index in [2.05, 4.69) is 21.7 Å². The number of hydrogen-bond donors (Lipinski definition) is 2. The third-order valence-electron chi connectivity index (χ3n) is 5.16. The van der Waals surface area contributed by atoms with Crippen LogP contribution in [0.5, 0.6) is 0 Å². The topological polar surface area (TPSA) is 54.0 Å². The molecule has 1 aliphatic carbocycles.